The summed E-state index contributed by atoms with van der Waals surface area (Å²) in [4.78, 5) is 14.7. The van der Waals surface area contributed by atoms with E-state index in [1.807, 2.05) is 17.0 Å². The number of nitrogens with zero attached hydrogens (tertiary/aromatic N) is 2. The van der Waals surface area contributed by atoms with Gasteiger partial charge in [0.2, 0.25) is 5.91 Å². The van der Waals surface area contributed by atoms with Crippen LogP contribution in [-0.2, 0) is 11.2 Å². The predicted octanol–water partition coefficient (Wildman–Crippen LogP) is 3.95. The number of benzene rings is 1. The Morgan fingerprint density at radius 2 is 1.88 bits per heavy atom. The van der Waals surface area contributed by atoms with Gasteiger partial charge in [0.05, 0.1) is 13.2 Å². The molecule has 0 atom stereocenters. The molecule has 1 aromatic carbocycles. The number of methoxy groups -OCH3 is 1. The highest BCUT2D eigenvalue weighted by Crippen LogP contribution is 2.40. The number of aryl methyl sites for hydroxylation is 1. The van der Waals surface area contributed by atoms with E-state index in [9.17, 15) is 10.1 Å². The van der Waals surface area contributed by atoms with Crippen molar-refractivity contribution < 1.29 is 9.53 Å². The van der Waals surface area contributed by atoms with Crippen molar-refractivity contribution in [3.63, 3.8) is 0 Å². The Bertz CT molecular complexity index is 618. The maximum atomic E-state index is 12.8. The standard InChI is InChI=1S/C21H28N2O2/c1-25-19-8-6-17(7-9-19)4-5-18-10-14-23(15-11-18)20(24)21(16-22)12-2-3-13-21/h6-9,18H,2-5,10-15H2,1H3. The fourth-order valence-electron chi connectivity index (χ4n) is 4.24. The molecule has 0 bridgehead atoms. The van der Waals surface area contributed by atoms with Gasteiger partial charge in [-0.25, -0.2) is 0 Å². The first kappa shape index (κ1) is 17.8. The van der Waals surface area contributed by atoms with E-state index in [0.29, 0.717) is 5.92 Å². The van der Waals surface area contributed by atoms with Crippen LogP contribution in [-0.4, -0.2) is 31.0 Å². The van der Waals surface area contributed by atoms with E-state index in [0.717, 1.165) is 70.2 Å². The second-order valence-corrected chi connectivity index (χ2v) is 7.52. The molecule has 1 aromatic rings. The largest absolute Gasteiger partial charge is 0.497 e. The number of likely N-dealkylation sites (tertiary alicyclic amines) is 1. The summed E-state index contributed by atoms with van der Waals surface area (Å²) in [5.41, 5.74) is 0.629. The van der Waals surface area contributed by atoms with E-state index in [-0.39, 0.29) is 5.91 Å². The second kappa shape index (κ2) is 7.91. The molecule has 0 radical (unpaired) electrons. The minimum Gasteiger partial charge on any atom is -0.497 e. The molecule has 1 saturated heterocycles. The Labute approximate surface area is 150 Å². The van der Waals surface area contributed by atoms with E-state index in [4.69, 9.17) is 4.74 Å². The molecule has 0 spiro atoms. The molecule has 1 heterocycles. The number of ether oxygens (including phenoxy) is 1. The van der Waals surface area contributed by atoms with Crippen LogP contribution in [0.1, 0.15) is 50.5 Å². The van der Waals surface area contributed by atoms with Gasteiger partial charge < -0.3 is 9.64 Å². The monoisotopic (exact) mass is 340 g/mol. The highest BCUT2D eigenvalue weighted by molar-refractivity contribution is 5.85. The quantitative estimate of drug-likeness (QED) is 0.815. The second-order valence-electron chi connectivity index (χ2n) is 7.52. The summed E-state index contributed by atoms with van der Waals surface area (Å²) in [6.45, 7) is 1.63. The summed E-state index contributed by atoms with van der Waals surface area (Å²) >= 11 is 0. The smallest absolute Gasteiger partial charge is 0.243 e. The number of hydrogen-bond donors (Lipinski definition) is 0. The first-order valence-electron chi connectivity index (χ1n) is 9.50. The molecule has 4 nitrogen and oxygen atoms in total. The highest BCUT2D eigenvalue weighted by Gasteiger charge is 2.44. The first-order chi connectivity index (χ1) is 12.2. The molecule has 0 aromatic heterocycles. The number of rotatable bonds is 5. The Kier molecular flexibility index (Phi) is 5.63. The summed E-state index contributed by atoms with van der Waals surface area (Å²) in [6.07, 6.45) is 7.88. The van der Waals surface area contributed by atoms with Crippen molar-refractivity contribution in [3.05, 3.63) is 29.8 Å². The number of piperidine rings is 1. The highest BCUT2D eigenvalue weighted by atomic mass is 16.5. The molecule has 1 aliphatic heterocycles. The first-order valence-corrected chi connectivity index (χ1v) is 9.50. The average Bonchev–Trinajstić information content (AvgIpc) is 3.17. The van der Waals surface area contributed by atoms with Crippen LogP contribution < -0.4 is 4.74 Å². The lowest BCUT2D eigenvalue weighted by Gasteiger charge is -2.35. The maximum Gasteiger partial charge on any atom is 0.243 e. The van der Waals surface area contributed by atoms with Crippen LogP contribution in [0, 0.1) is 22.7 Å². The van der Waals surface area contributed by atoms with E-state index in [1.165, 1.54) is 5.56 Å². The van der Waals surface area contributed by atoms with Gasteiger partial charge in [-0.2, -0.15) is 5.26 Å². The molecule has 0 unspecified atom stereocenters. The van der Waals surface area contributed by atoms with Crippen LogP contribution in [0.15, 0.2) is 24.3 Å². The summed E-state index contributed by atoms with van der Waals surface area (Å²) in [6, 6.07) is 10.6. The third-order valence-corrected chi connectivity index (χ3v) is 5.98. The molecule has 2 aliphatic rings. The van der Waals surface area contributed by atoms with Crippen LogP contribution in [0.5, 0.6) is 5.75 Å². The van der Waals surface area contributed by atoms with E-state index >= 15 is 0 Å². The van der Waals surface area contributed by atoms with Gasteiger partial charge in [-0.05, 0) is 62.1 Å². The van der Waals surface area contributed by atoms with Gasteiger partial charge >= 0.3 is 0 Å². The third kappa shape index (κ3) is 3.98. The van der Waals surface area contributed by atoms with Crippen molar-refractivity contribution in [2.45, 2.75) is 51.4 Å². The lowest BCUT2D eigenvalue weighted by Crippen LogP contribution is -2.46. The summed E-state index contributed by atoms with van der Waals surface area (Å²) in [7, 11) is 1.69. The van der Waals surface area contributed by atoms with Crippen molar-refractivity contribution in [1.29, 1.82) is 5.26 Å². The fraction of sp³-hybridized carbons (Fsp3) is 0.619. The van der Waals surface area contributed by atoms with Crippen LogP contribution in [0.2, 0.25) is 0 Å². The minimum absolute atomic E-state index is 0.0982. The molecule has 134 valence electrons. The third-order valence-electron chi connectivity index (χ3n) is 5.98. The minimum atomic E-state index is -0.712. The topological polar surface area (TPSA) is 53.3 Å². The molecule has 0 N–H and O–H groups in total. The lowest BCUT2D eigenvalue weighted by molar-refractivity contribution is -0.140. The lowest BCUT2D eigenvalue weighted by atomic mass is 9.84. The molecular formula is C21H28N2O2. The van der Waals surface area contributed by atoms with Gasteiger partial charge in [-0.15, -0.1) is 0 Å². The van der Waals surface area contributed by atoms with Crippen LogP contribution in [0.3, 0.4) is 0 Å². The van der Waals surface area contributed by atoms with Gasteiger partial charge in [0, 0.05) is 13.1 Å². The van der Waals surface area contributed by atoms with Crippen LogP contribution >= 0.6 is 0 Å². The van der Waals surface area contributed by atoms with Crippen molar-refractivity contribution in [2.24, 2.45) is 11.3 Å². The van der Waals surface area contributed by atoms with E-state index in [1.54, 1.807) is 7.11 Å². The van der Waals surface area contributed by atoms with Gasteiger partial charge in [-0.1, -0.05) is 25.0 Å². The molecule has 1 saturated carbocycles. The average molecular weight is 340 g/mol. The normalized spacial score (nSPS) is 20.2. The molecule has 1 aliphatic carbocycles. The number of nitriles is 1. The molecule has 2 fully saturated rings. The maximum absolute atomic E-state index is 12.8. The number of carbonyl (C=O) groups is 1. The summed E-state index contributed by atoms with van der Waals surface area (Å²) < 4.78 is 5.20. The number of hydrogen-bond acceptors (Lipinski definition) is 3. The molecule has 4 heteroatoms. The molecule has 25 heavy (non-hydrogen) atoms. The number of amides is 1. The van der Waals surface area contributed by atoms with Crippen molar-refractivity contribution in [3.8, 4) is 11.8 Å². The van der Waals surface area contributed by atoms with E-state index < -0.39 is 5.41 Å². The van der Waals surface area contributed by atoms with Gasteiger partial charge in [0.25, 0.3) is 0 Å². The molecule has 1 amide bonds. The Hall–Kier alpha value is -2.02. The SMILES string of the molecule is COc1ccc(CCC2CCN(C(=O)C3(C#N)CCCC3)CC2)cc1. The van der Waals surface area contributed by atoms with Crippen molar-refractivity contribution in [1.82, 2.24) is 4.90 Å². The summed E-state index contributed by atoms with van der Waals surface area (Å²) in [5.74, 6) is 1.67. The Morgan fingerprint density at radius 3 is 2.44 bits per heavy atom. The molecule has 3 rings (SSSR count). The van der Waals surface area contributed by atoms with E-state index in [2.05, 4.69) is 18.2 Å². The van der Waals surface area contributed by atoms with Crippen LogP contribution in [0.25, 0.3) is 0 Å². The Balaban J connectivity index is 1.47. The van der Waals surface area contributed by atoms with Gasteiger partial charge in [-0.3, -0.25) is 4.79 Å². The van der Waals surface area contributed by atoms with Crippen molar-refractivity contribution in [2.75, 3.05) is 20.2 Å². The zero-order chi connectivity index (χ0) is 17.7. The van der Waals surface area contributed by atoms with Gasteiger partial charge in [0.1, 0.15) is 11.2 Å². The summed E-state index contributed by atoms with van der Waals surface area (Å²) in [5, 5.41) is 9.51. The van der Waals surface area contributed by atoms with Crippen LogP contribution in [0.4, 0.5) is 0 Å². The zero-order valence-corrected chi connectivity index (χ0v) is 15.2. The predicted molar refractivity (Wildman–Crippen MR) is 97.1 cm³/mol. The van der Waals surface area contributed by atoms with Gasteiger partial charge in [0.15, 0.2) is 0 Å². The molecular weight excluding hydrogens is 312 g/mol. The number of carbonyl (C=O) groups excluding carboxylic acids is 1. The van der Waals surface area contributed by atoms with Crippen molar-refractivity contribution >= 4 is 5.91 Å². The Morgan fingerprint density at radius 1 is 1.24 bits per heavy atom. The fourth-order valence-corrected chi connectivity index (χ4v) is 4.24. The zero-order valence-electron chi connectivity index (χ0n) is 15.2.